The molecule has 2 heterocycles. The maximum atomic E-state index is 13.8. The number of rotatable bonds is 15. The van der Waals surface area contributed by atoms with Crippen LogP contribution in [0.4, 0.5) is 17.1 Å². The van der Waals surface area contributed by atoms with Crippen molar-refractivity contribution in [2.45, 2.75) is 36.4 Å². The number of para-hydroxylation sites is 1. The fourth-order valence-corrected chi connectivity index (χ4v) is 9.77. The number of nitrogens with zero attached hydrogens (tertiary/aromatic N) is 3. The Morgan fingerprint density at radius 1 is 0.938 bits per heavy atom. The zero-order valence-electron chi connectivity index (χ0n) is 25.3. The van der Waals surface area contributed by atoms with E-state index in [0.29, 0.717) is 5.69 Å². The van der Waals surface area contributed by atoms with Gasteiger partial charge in [0, 0.05) is 42.1 Å². The SMILES string of the molecule is [B]P(I)C(CC(=O)N(CNCN1C(=O)CC(B(P)I)C1=O)CN1C(=O)CC(P([B])I)C1=O)C(=O)Nc1ccc(Nc2ccccc2)cc1. The molecular formula is C27H29B3I3N6O6P3. The van der Waals surface area contributed by atoms with E-state index in [-0.39, 0.29) is 55.4 Å². The molecule has 2 aromatic carbocycles. The van der Waals surface area contributed by atoms with Gasteiger partial charge in [-0.3, -0.25) is 43.9 Å². The topological polar surface area (TPSA) is 148 Å². The summed E-state index contributed by atoms with van der Waals surface area (Å²) >= 11 is 5.96. The quantitative estimate of drug-likeness (QED) is 0.0788. The molecule has 0 saturated carbocycles. The molecule has 48 heavy (non-hydrogen) atoms. The number of carbonyl (C=O) groups is 6. The van der Waals surface area contributed by atoms with Crippen molar-refractivity contribution in [3.05, 3.63) is 54.6 Å². The van der Waals surface area contributed by atoms with Crippen molar-refractivity contribution in [1.82, 2.24) is 20.0 Å². The maximum Gasteiger partial charge on any atom is 0.252 e. The van der Waals surface area contributed by atoms with E-state index < -0.39 is 51.6 Å². The molecule has 248 valence electrons. The molecule has 0 aliphatic carbocycles. The molecule has 2 aliphatic heterocycles. The van der Waals surface area contributed by atoms with Crippen LogP contribution in [0.2, 0.25) is 5.82 Å². The van der Waals surface area contributed by atoms with Gasteiger partial charge in [-0.1, -0.05) is 73.2 Å². The van der Waals surface area contributed by atoms with Crippen LogP contribution < -0.4 is 16.0 Å². The molecule has 6 amide bonds. The molecule has 0 spiro atoms. The molecule has 4 radical (unpaired) electrons. The monoisotopic (exact) mass is 1040 g/mol. The molecule has 21 heteroatoms. The Balaban J connectivity index is 1.44. The van der Waals surface area contributed by atoms with Crippen LogP contribution in [0.3, 0.4) is 0 Å². The highest BCUT2D eigenvalue weighted by Gasteiger charge is 2.43. The predicted octanol–water partition coefficient (Wildman–Crippen LogP) is 4.30. The number of nitrogens with one attached hydrogen (secondary N) is 3. The molecule has 2 fully saturated rings. The summed E-state index contributed by atoms with van der Waals surface area (Å²) in [7, 11) is 14.7. The summed E-state index contributed by atoms with van der Waals surface area (Å²) in [6, 6.07) is 16.7. The third-order valence-corrected chi connectivity index (χ3v) is 15.0. The predicted molar refractivity (Wildman–Crippen MR) is 221 cm³/mol. The Bertz CT molecular complexity index is 1540. The first-order valence-electron chi connectivity index (χ1n) is 14.5. The summed E-state index contributed by atoms with van der Waals surface area (Å²) < 4.78 is -0.125. The van der Waals surface area contributed by atoms with E-state index in [2.05, 4.69) is 47.4 Å². The van der Waals surface area contributed by atoms with Crippen molar-refractivity contribution in [2.24, 2.45) is 0 Å². The first kappa shape index (κ1) is 39.9. The number of hydrogen-bond acceptors (Lipinski definition) is 8. The van der Waals surface area contributed by atoms with E-state index in [1.54, 1.807) is 12.1 Å². The molecule has 3 N–H and O–H groups in total. The van der Waals surface area contributed by atoms with Gasteiger partial charge in [0.15, 0.2) is 0 Å². The Morgan fingerprint density at radius 3 is 2.10 bits per heavy atom. The van der Waals surface area contributed by atoms with Gasteiger partial charge in [0.1, 0.15) is 21.8 Å². The number of hydrogen-bond donors (Lipinski definition) is 3. The number of carbonyl (C=O) groups excluding carboxylic acids is 6. The molecule has 0 aromatic heterocycles. The van der Waals surface area contributed by atoms with E-state index in [4.69, 9.17) is 15.1 Å². The Hall–Kier alpha value is -0.905. The van der Waals surface area contributed by atoms with Gasteiger partial charge in [-0.05, 0) is 36.4 Å². The highest BCUT2D eigenvalue weighted by atomic mass is 127. The minimum atomic E-state index is -1.47. The third kappa shape index (κ3) is 10.6. The summed E-state index contributed by atoms with van der Waals surface area (Å²) in [5, 5.41) is 9.03. The lowest BCUT2D eigenvalue weighted by atomic mass is 9.84. The van der Waals surface area contributed by atoms with Gasteiger partial charge in [-0.2, -0.15) is 9.12 Å². The highest BCUT2D eigenvalue weighted by molar-refractivity contribution is 14.2. The lowest BCUT2D eigenvalue weighted by Gasteiger charge is -2.30. The zero-order valence-corrected chi connectivity index (χ0v) is 34.7. The summed E-state index contributed by atoms with van der Waals surface area (Å²) in [6.07, 6.45) is -0.290. The highest BCUT2D eigenvalue weighted by Crippen LogP contribution is 2.49. The molecule has 4 rings (SSSR count). The van der Waals surface area contributed by atoms with Gasteiger partial charge in [-0.15, -0.1) is 22.4 Å². The fourth-order valence-electron chi connectivity index (χ4n) is 4.95. The second kappa shape index (κ2) is 18.5. The first-order chi connectivity index (χ1) is 22.8. The summed E-state index contributed by atoms with van der Waals surface area (Å²) in [4.78, 5) is 81.6. The Morgan fingerprint density at radius 2 is 1.54 bits per heavy atom. The molecule has 6 unspecified atom stereocenters. The van der Waals surface area contributed by atoms with Crippen LogP contribution in [0.1, 0.15) is 19.3 Å². The van der Waals surface area contributed by atoms with Crippen LogP contribution in [0.5, 0.6) is 0 Å². The largest absolute Gasteiger partial charge is 0.356 e. The number of halogens is 3. The van der Waals surface area contributed by atoms with Crippen LogP contribution in [-0.4, -0.2) is 101 Å². The number of amides is 6. The number of likely N-dealkylation sites (tertiary alicyclic amines) is 2. The molecule has 2 aromatic rings. The molecule has 2 aliphatic rings. The molecule has 12 nitrogen and oxygen atoms in total. The number of benzene rings is 2. The first-order valence-corrected chi connectivity index (χ1v) is 24.9. The zero-order chi connectivity index (χ0) is 35.1. The smallest absolute Gasteiger partial charge is 0.252 e. The van der Waals surface area contributed by atoms with Crippen LogP contribution in [-0.2, 0) is 28.8 Å². The second-order valence-corrected chi connectivity index (χ2v) is 23.7. The van der Waals surface area contributed by atoms with Gasteiger partial charge < -0.3 is 15.5 Å². The fraction of sp³-hybridized carbons (Fsp3) is 0.333. The van der Waals surface area contributed by atoms with Crippen molar-refractivity contribution in [2.75, 3.05) is 30.6 Å². The minimum absolute atomic E-state index is 0.0589. The van der Waals surface area contributed by atoms with Crippen molar-refractivity contribution in [1.29, 1.82) is 0 Å². The Kier molecular flexibility index (Phi) is 15.4. The van der Waals surface area contributed by atoms with Gasteiger partial charge >= 0.3 is 0 Å². The lowest BCUT2D eigenvalue weighted by molar-refractivity contribution is -0.145. The van der Waals surface area contributed by atoms with E-state index in [1.165, 1.54) is 4.90 Å². The van der Waals surface area contributed by atoms with Crippen molar-refractivity contribution in [3.63, 3.8) is 0 Å². The summed E-state index contributed by atoms with van der Waals surface area (Å²) in [6.45, 7) is -0.778. The van der Waals surface area contributed by atoms with Crippen molar-refractivity contribution >= 4 is 158 Å². The van der Waals surface area contributed by atoms with Crippen LogP contribution in [0.25, 0.3) is 0 Å². The maximum absolute atomic E-state index is 13.8. The number of imide groups is 2. The van der Waals surface area contributed by atoms with E-state index in [1.807, 2.05) is 86.5 Å². The molecule has 2 saturated heterocycles. The lowest BCUT2D eigenvalue weighted by Crippen LogP contribution is -2.51. The van der Waals surface area contributed by atoms with Gasteiger partial charge in [0.2, 0.25) is 35.4 Å². The third-order valence-electron chi connectivity index (χ3n) is 7.60. The van der Waals surface area contributed by atoms with Crippen molar-refractivity contribution in [3.8, 4) is 0 Å². The summed E-state index contributed by atoms with van der Waals surface area (Å²) in [5.41, 5.74) is -2.07. The van der Waals surface area contributed by atoms with Gasteiger partial charge in [0.25, 0.3) is 4.29 Å². The standard InChI is InChI=1S/C27H29B3I3N6O6P3/c28-47(32)20(25(43)36-18-8-6-17(7-9-18)35-16-4-2-1-3-5-16)11-22(40)37(15-39-24(42)12-21(27(39)45)48(29)33)13-34-14-38-23(41)10-19(26(38)44)30(31)46/h1-9,19-21,34-35H,10-15,46H2,(H,36,43). The molecular weight excluding hydrogens is 1010 g/mol. The van der Waals surface area contributed by atoms with Crippen molar-refractivity contribution < 1.29 is 28.8 Å². The average Bonchev–Trinajstić information content (AvgIpc) is 3.49. The molecule has 6 atom stereocenters. The van der Waals surface area contributed by atoms with Crippen LogP contribution in [0.15, 0.2) is 54.6 Å². The normalized spacial score (nSPS) is 19.7. The second-order valence-electron chi connectivity index (χ2n) is 10.9. The minimum Gasteiger partial charge on any atom is -0.356 e. The van der Waals surface area contributed by atoms with Gasteiger partial charge in [0.05, 0.1) is 24.7 Å². The van der Waals surface area contributed by atoms with Gasteiger partial charge in [-0.25, -0.2) is 0 Å². The van der Waals surface area contributed by atoms with E-state index in [0.717, 1.165) is 21.2 Å². The van der Waals surface area contributed by atoms with Crippen LogP contribution in [0, 0.1) is 0 Å². The average molecular weight is 1040 g/mol. The van der Waals surface area contributed by atoms with Crippen LogP contribution >= 0.6 is 86.5 Å². The number of anilines is 3. The Labute approximate surface area is 325 Å². The molecule has 0 bridgehead atoms. The summed E-state index contributed by atoms with van der Waals surface area (Å²) in [5.74, 6) is -3.09. The van der Waals surface area contributed by atoms with E-state index >= 15 is 0 Å². The van der Waals surface area contributed by atoms with E-state index in [9.17, 15) is 28.8 Å².